The van der Waals surface area contributed by atoms with Gasteiger partial charge in [-0.1, -0.05) is 6.07 Å². The Morgan fingerprint density at radius 1 is 0.909 bits per heavy atom. The Morgan fingerprint density at radius 2 is 1.67 bits per heavy atom. The van der Waals surface area contributed by atoms with Gasteiger partial charge >= 0.3 is 0 Å². The minimum absolute atomic E-state index is 0.231. The SMILES string of the molecule is COc1cc(/C=C/C(=O)NCCNc2cc(Nc3ccccn3)ncn2)cc(OC)c1OC. The molecule has 33 heavy (non-hydrogen) atoms. The van der Waals surface area contributed by atoms with Gasteiger partial charge in [-0.3, -0.25) is 4.79 Å². The number of nitrogens with one attached hydrogen (secondary N) is 3. The van der Waals surface area contributed by atoms with Crippen LogP contribution in [0.3, 0.4) is 0 Å². The van der Waals surface area contributed by atoms with Crippen LogP contribution in [0.1, 0.15) is 5.56 Å². The van der Waals surface area contributed by atoms with Gasteiger partial charge in [0.2, 0.25) is 11.7 Å². The van der Waals surface area contributed by atoms with Crippen LogP contribution < -0.4 is 30.2 Å². The highest BCUT2D eigenvalue weighted by Crippen LogP contribution is 2.38. The molecule has 3 N–H and O–H groups in total. The number of ether oxygens (including phenoxy) is 3. The van der Waals surface area contributed by atoms with Gasteiger partial charge in [-0.05, 0) is 35.9 Å². The van der Waals surface area contributed by atoms with Crippen molar-refractivity contribution in [1.82, 2.24) is 20.3 Å². The van der Waals surface area contributed by atoms with Gasteiger partial charge in [-0.2, -0.15) is 0 Å². The van der Waals surface area contributed by atoms with Gasteiger partial charge in [0.05, 0.1) is 21.3 Å². The van der Waals surface area contributed by atoms with Crippen LogP contribution in [0.5, 0.6) is 17.2 Å². The molecule has 0 atom stereocenters. The van der Waals surface area contributed by atoms with Crippen LogP contribution in [0, 0.1) is 0 Å². The fourth-order valence-electron chi connectivity index (χ4n) is 2.89. The van der Waals surface area contributed by atoms with Crippen molar-refractivity contribution in [1.29, 1.82) is 0 Å². The Bertz CT molecular complexity index is 1070. The molecule has 1 aromatic carbocycles. The molecule has 0 aliphatic rings. The van der Waals surface area contributed by atoms with E-state index in [4.69, 9.17) is 14.2 Å². The summed E-state index contributed by atoms with van der Waals surface area (Å²) in [5.41, 5.74) is 0.742. The van der Waals surface area contributed by atoms with Crippen molar-refractivity contribution >= 4 is 29.4 Å². The number of hydrogen-bond donors (Lipinski definition) is 3. The molecular weight excluding hydrogens is 424 g/mol. The standard InChI is InChI=1S/C23H26N6O4/c1-31-17-12-16(13-18(32-2)23(17)33-3)7-8-22(30)26-11-10-25-20-14-21(28-15-27-20)29-19-6-4-5-9-24-19/h4-9,12-15H,10-11H2,1-3H3,(H,26,30)(H2,24,25,27,28,29)/b8-7+. The van der Waals surface area contributed by atoms with E-state index in [0.29, 0.717) is 47.8 Å². The van der Waals surface area contributed by atoms with Crippen molar-refractivity contribution in [3.63, 3.8) is 0 Å². The van der Waals surface area contributed by atoms with Crippen LogP contribution >= 0.6 is 0 Å². The molecule has 0 saturated carbocycles. The molecule has 3 rings (SSSR count). The largest absolute Gasteiger partial charge is 0.493 e. The van der Waals surface area contributed by atoms with Crippen molar-refractivity contribution in [2.24, 2.45) is 0 Å². The van der Waals surface area contributed by atoms with E-state index < -0.39 is 0 Å². The van der Waals surface area contributed by atoms with E-state index in [-0.39, 0.29) is 5.91 Å². The molecule has 0 aliphatic heterocycles. The first-order valence-corrected chi connectivity index (χ1v) is 10.1. The molecule has 0 spiro atoms. The molecule has 2 heterocycles. The van der Waals surface area contributed by atoms with E-state index in [0.717, 1.165) is 5.56 Å². The Morgan fingerprint density at radius 3 is 2.33 bits per heavy atom. The summed E-state index contributed by atoms with van der Waals surface area (Å²) in [5, 5.41) is 9.06. The fourth-order valence-corrected chi connectivity index (χ4v) is 2.89. The van der Waals surface area contributed by atoms with Crippen LogP contribution in [0.15, 0.2) is 55.0 Å². The third-order valence-corrected chi connectivity index (χ3v) is 4.43. The van der Waals surface area contributed by atoms with Crippen molar-refractivity contribution < 1.29 is 19.0 Å². The number of anilines is 3. The lowest BCUT2D eigenvalue weighted by Crippen LogP contribution is -2.27. The Balaban J connectivity index is 1.48. The number of rotatable bonds is 11. The van der Waals surface area contributed by atoms with Crippen LogP contribution in [-0.2, 0) is 4.79 Å². The maximum Gasteiger partial charge on any atom is 0.244 e. The molecule has 10 heteroatoms. The van der Waals surface area contributed by atoms with Gasteiger partial charge in [0, 0.05) is 31.4 Å². The smallest absolute Gasteiger partial charge is 0.244 e. The number of methoxy groups -OCH3 is 3. The monoisotopic (exact) mass is 450 g/mol. The van der Waals surface area contributed by atoms with E-state index in [9.17, 15) is 4.79 Å². The summed E-state index contributed by atoms with van der Waals surface area (Å²) in [6.07, 6.45) is 6.27. The van der Waals surface area contributed by atoms with E-state index in [2.05, 4.69) is 30.9 Å². The van der Waals surface area contributed by atoms with E-state index >= 15 is 0 Å². The number of carbonyl (C=O) groups is 1. The predicted molar refractivity (Wildman–Crippen MR) is 126 cm³/mol. The molecule has 10 nitrogen and oxygen atoms in total. The first kappa shape index (κ1) is 23.3. The Hall–Kier alpha value is -4.34. The first-order valence-electron chi connectivity index (χ1n) is 10.1. The fraction of sp³-hybridized carbons (Fsp3) is 0.217. The average Bonchev–Trinajstić information content (AvgIpc) is 2.85. The summed E-state index contributed by atoms with van der Waals surface area (Å²) in [6, 6.07) is 10.9. The quantitative estimate of drug-likeness (QED) is 0.299. The maximum atomic E-state index is 12.2. The molecule has 0 bridgehead atoms. The third-order valence-electron chi connectivity index (χ3n) is 4.43. The molecule has 2 aromatic heterocycles. The summed E-state index contributed by atoms with van der Waals surface area (Å²) in [4.78, 5) is 24.7. The Kier molecular flexibility index (Phi) is 8.41. The van der Waals surface area contributed by atoms with E-state index in [1.54, 1.807) is 44.7 Å². The average molecular weight is 450 g/mol. The van der Waals surface area contributed by atoms with Gasteiger partial charge in [0.15, 0.2) is 11.5 Å². The summed E-state index contributed by atoms with van der Waals surface area (Å²) in [6.45, 7) is 0.898. The topological polar surface area (TPSA) is 120 Å². The summed E-state index contributed by atoms with van der Waals surface area (Å²) in [5.74, 6) is 3.23. The highest BCUT2D eigenvalue weighted by Gasteiger charge is 2.12. The van der Waals surface area contributed by atoms with Crippen LogP contribution in [-0.4, -0.2) is 55.3 Å². The number of nitrogens with zero attached hydrogens (tertiary/aromatic N) is 3. The second kappa shape index (κ2) is 11.9. The van der Waals surface area contributed by atoms with Crippen molar-refractivity contribution in [3.05, 3.63) is 60.6 Å². The van der Waals surface area contributed by atoms with Crippen molar-refractivity contribution in [2.45, 2.75) is 0 Å². The van der Waals surface area contributed by atoms with E-state index in [1.807, 2.05) is 18.2 Å². The second-order valence-electron chi connectivity index (χ2n) is 6.64. The highest BCUT2D eigenvalue weighted by atomic mass is 16.5. The summed E-state index contributed by atoms with van der Waals surface area (Å²) >= 11 is 0. The lowest BCUT2D eigenvalue weighted by Gasteiger charge is -2.12. The van der Waals surface area contributed by atoms with Crippen molar-refractivity contribution in [2.75, 3.05) is 45.1 Å². The number of benzene rings is 1. The third kappa shape index (κ3) is 6.82. The highest BCUT2D eigenvalue weighted by molar-refractivity contribution is 5.91. The number of carbonyl (C=O) groups excluding carboxylic acids is 1. The molecule has 3 aromatic rings. The van der Waals surface area contributed by atoms with Gasteiger partial charge in [0.1, 0.15) is 23.8 Å². The maximum absolute atomic E-state index is 12.2. The van der Waals surface area contributed by atoms with Crippen LogP contribution in [0.4, 0.5) is 17.5 Å². The minimum atomic E-state index is -0.231. The number of pyridine rings is 1. The zero-order valence-electron chi connectivity index (χ0n) is 18.7. The zero-order valence-corrected chi connectivity index (χ0v) is 18.7. The van der Waals surface area contributed by atoms with Gasteiger partial charge in [-0.25, -0.2) is 15.0 Å². The molecule has 0 unspecified atom stereocenters. The molecule has 172 valence electrons. The van der Waals surface area contributed by atoms with Crippen LogP contribution in [0.25, 0.3) is 6.08 Å². The normalized spacial score (nSPS) is 10.5. The molecule has 0 aliphatic carbocycles. The molecule has 0 radical (unpaired) electrons. The van der Waals surface area contributed by atoms with E-state index in [1.165, 1.54) is 19.5 Å². The van der Waals surface area contributed by atoms with Gasteiger partial charge in [0.25, 0.3) is 0 Å². The molecule has 0 saturated heterocycles. The molecular formula is C23H26N6O4. The number of hydrogen-bond acceptors (Lipinski definition) is 9. The molecule has 0 fully saturated rings. The summed E-state index contributed by atoms with van der Waals surface area (Å²) < 4.78 is 15.9. The lowest BCUT2D eigenvalue weighted by molar-refractivity contribution is -0.116. The zero-order chi connectivity index (χ0) is 23.5. The summed E-state index contributed by atoms with van der Waals surface area (Å²) in [7, 11) is 4.62. The minimum Gasteiger partial charge on any atom is -0.493 e. The number of aromatic nitrogens is 3. The van der Waals surface area contributed by atoms with Crippen LogP contribution in [0.2, 0.25) is 0 Å². The molecule has 1 amide bonds. The van der Waals surface area contributed by atoms with Gasteiger partial charge in [-0.15, -0.1) is 0 Å². The Labute approximate surface area is 192 Å². The first-order chi connectivity index (χ1) is 16.1. The predicted octanol–water partition coefficient (Wildman–Crippen LogP) is 2.88. The van der Waals surface area contributed by atoms with Crippen molar-refractivity contribution in [3.8, 4) is 17.2 Å². The second-order valence-corrected chi connectivity index (χ2v) is 6.64. The number of amides is 1. The van der Waals surface area contributed by atoms with Gasteiger partial charge < -0.3 is 30.2 Å². The lowest BCUT2D eigenvalue weighted by atomic mass is 10.1.